The topological polar surface area (TPSA) is 39.2 Å². The zero-order chi connectivity index (χ0) is 10.4. The van der Waals surface area contributed by atoms with E-state index in [1.807, 2.05) is 18.2 Å². The molecule has 2 nitrogen and oxygen atoms in total. The molecule has 0 fully saturated rings. The first-order valence-corrected chi connectivity index (χ1v) is 5.23. The molecule has 1 unspecified atom stereocenters. The van der Waals surface area contributed by atoms with E-state index in [0.717, 1.165) is 23.5 Å². The zero-order valence-corrected chi connectivity index (χ0v) is 8.66. The molecule has 2 aromatic rings. The number of hydrogen-bond acceptors (Lipinski definition) is 2. The van der Waals surface area contributed by atoms with Crippen LogP contribution in [0.4, 0.5) is 5.69 Å². The van der Waals surface area contributed by atoms with E-state index in [2.05, 4.69) is 19.1 Å². The summed E-state index contributed by atoms with van der Waals surface area (Å²) in [6.07, 6.45) is 5.30. The van der Waals surface area contributed by atoms with Crippen LogP contribution in [0.2, 0.25) is 0 Å². The molecule has 0 amide bonds. The molecule has 0 radical (unpaired) electrons. The number of anilines is 1. The van der Waals surface area contributed by atoms with Crippen LogP contribution in [0.25, 0.3) is 17.0 Å². The van der Waals surface area contributed by atoms with Crippen molar-refractivity contribution in [2.24, 2.45) is 5.92 Å². The number of nitrogens with two attached hydrogens (primary N) is 1. The van der Waals surface area contributed by atoms with E-state index >= 15 is 0 Å². The average Bonchev–Trinajstić information content (AvgIpc) is 2.56. The van der Waals surface area contributed by atoms with Crippen LogP contribution in [-0.4, -0.2) is 0 Å². The second-order valence-electron chi connectivity index (χ2n) is 4.24. The molecule has 1 heterocycles. The highest BCUT2D eigenvalue weighted by Gasteiger charge is 2.17. The smallest absolute Gasteiger partial charge is 0.135 e. The van der Waals surface area contributed by atoms with Crippen molar-refractivity contribution in [3.05, 3.63) is 35.6 Å². The van der Waals surface area contributed by atoms with E-state index in [9.17, 15) is 0 Å². The average molecular weight is 199 g/mol. The van der Waals surface area contributed by atoms with Crippen LogP contribution >= 0.6 is 0 Å². The van der Waals surface area contributed by atoms with Crippen LogP contribution in [0, 0.1) is 5.92 Å². The standard InChI is InChI=1S/C13H13NO/c1-8-2-4-12-10(6-8)11-7-9(14)3-5-13(11)15-12/h2-5,7-8H,6,14H2,1H3. The van der Waals surface area contributed by atoms with E-state index in [-0.39, 0.29) is 0 Å². The van der Waals surface area contributed by atoms with Crippen molar-refractivity contribution in [1.29, 1.82) is 0 Å². The fourth-order valence-electron chi connectivity index (χ4n) is 2.17. The summed E-state index contributed by atoms with van der Waals surface area (Å²) in [5.74, 6) is 1.58. The molecule has 1 aromatic carbocycles. The molecule has 0 saturated heterocycles. The van der Waals surface area contributed by atoms with Crippen molar-refractivity contribution >= 4 is 22.7 Å². The Labute approximate surface area is 88.4 Å². The van der Waals surface area contributed by atoms with Gasteiger partial charge in [-0.25, -0.2) is 0 Å². The summed E-state index contributed by atoms with van der Waals surface area (Å²) in [6.45, 7) is 2.21. The molecule has 1 aromatic heterocycles. The lowest BCUT2D eigenvalue weighted by atomic mass is 9.93. The fourth-order valence-corrected chi connectivity index (χ4v) is 2.17. The lowest BCUT2D eigenvalue weighted by Gasteiger charge is -2.10. The Balaban J connectivity index is 2.31. The molecule has 1 aliphatic rings. The summed E-state index contributed by atoms with van der Waals surface area (Å²) >= 11 is 0. The third-order valence-corrected chi connectivity index (χ3v) is 2.95. The molecule has 3 rings (SSSR count). The third-order valence-electron chi connectivity index (χ3n) is 2.95. The Hall–Kier alpha value is -1.70. The van der Waals surface area contributed by atoms with E-state index in [1.54, 1.807) is 0 Å². The molecule has 2 N–H and O–H groups in total. The van der Waals surface area contributed by atoms with Gasteiger partial charge in [-0.1, -0.05) is 13.0 Å². The molecule has 1 aliphatic carbocycles. The minimum Gasteiger partial charge on any atom is -0.456 e. The number of nitrogen functional groups attached to an aromatic ring is 1. The minimum absolute atomic E-state index is 0.583. The summed E-state index contributed by atoms with van der Waals surface area (Å²) in [4.78, 5) is 0. The van der Waals surface area contributed by atoms with Gasteiger partial charge in [-0.15, -0.1) is 0 Å². The lowest BCUT2D eigenvalue weighted by Crippen LogP contribution is -2.00. The Morgan fingerprint density at radius 2 is 2.27 bits per heavy atom. The maximum absolute atomic E-state index is 5.79. The monoisotopic (exact) mass is 199 g/mol. The van der Waals surface area contributed by atoms with Crippen molar-refractivity contribution in [1.82, 2.24) is 0 Å². The lowest BCUT2D eigenvalue weighted by molar-refractivity contribution is 0.584. The number of benzene rings is 1. The second-order valence-corrected chi connectivity index (χ2v) is 4.24. The molecule has 1 atom stereocenters. The molecule has 76 valence electrons. The maximum Gasteiger partial charge on any atom is 0.135 e. The van der Waals surface area contributed by atoms with Crippen LogP contribution in [0.3, 0.4) is 0 Å². The summed E-state index contributed by atoms with van der Waals surface area (Å²) in [5.41, 5.74) is 8.83. The van der Waals surface area contributed by atoms with Crippen molar-refractivity contribution in [2.45, 2.75) is 13.3 Å². The number of rotatable bonds is 0. The molecular formula is C13H13NO. The van der Waals surface area contributed by atoms with Crippen molar-refractivity contribution < 1.29 is 4.42 Å². The largest absolute Gasteiger partial charge is 0.456 e. The predicted octanol–water partition coefficient (Wildman–Crippen LogP) is 3.22. The second kappa shape index (κ2) is 2.89. The molecule has 2 heteroatoms. The van der Waals surface area contributed by atoms with Crippen LogP contribution in [0.5, 0.6) is 0 Å². The Morgan fingerprint density at radius 3 is 3.13 bits per heavy atom. The van der Waals surface area contributed by atoms with Gasteiger partial charge in [0, 0.05) is 16.6 Å². The Kier molecular flexibility index (Phi) is 1.66. The Bertz CT molecular complexity index is 551. The molecule has 15 heavy (non-hydrogen) atoms. The van der Waals surface area contributed by atoms with Crippen molar-refractivity contribution in [3.8, 4) is 0 Å². The summed E-state index contributed by atoms with van der Waals surface area (Å²) < 4.78 is 5.75. The van der Waals surface area contributed by atoms with Gasteiger partial charge in [-0.05, 0) is 36.6 Å². The number of allylic oxidation sites excluding steroid dienone is 1. The summed E-state index contributed by atoms with van der Waals surface area (Å²) in [5, 5.41) is 1.17. The zero-order valence-electron chi connectivity index (χ0n) is 8.66. The molecule has 0 spiro atoms. The minimum atomic E-state index is 0.583. The number of hydrogen-bond donors (Lipinski definition) is 1. The number of furan rings is 1. The first kappa shape index (κ1) is 8.60. The maximum atomic E-state index is 5.79. The van der Waals surface area contributed by atoms with Gasteiger partial charge in [0.15, 0.2) is 0 Å². The SMILES string of the molecule is CC1C=Cc2oc3ccc(N)cc3c2C1. The molecule has 0 saturated carbocycles. The quantitative estimate of drug-likeness (QED) is 0.661. The van der Waals surface area contributed by atoms with Gasteiger partial charge in [-0.2, -0.15) is 0 Å². The fraction of sp³-hybridized carbons (Fsp3) is 0.231. The first-order chi connectivity index (χ1) is 7.24. The van der Waals surface area contributed by atoms with E-state index in [4.69, 9.17) is 10.2 Å². The Morgan fingerprint density at radius 1 is 1.40 bits per heavy atom. The van der Waals surface area contributed by atoms with Crippen molar-refractivity contribution in [2.75, 3.05) is 5.73 Å². The van der Waals surface area contributed by atoms with Crippen LogP contribution in [-0.2, 0) is 6.42 Å². The molecule has 0 bridgehead atoms. The van der Waals surface area contributed by atoms with Gasteiger partial charge in [0.1, 0.15) is 11.3 Å². The van der Waals surface area contributed by atoms with Crippen LogP contribution < -0.4 is 5.73 Å². The summed E-state index contributed by atoms with van der Waals surface area (Å²) in [6, 6.07) is 5.83. The van der Waals surface area contributed by atoms with Gasteiger partial charge in [0.25, 0.3) is 0 Å². The van der Waals surface area contributed by atoms with E-state index in [1.165, 1.54) is 10.9 Å². The van der Waals surface area contributed by atoms with Crippen molar-refractivity contribution in [3.63, 3.8) is 0 Å². The normalized spacial score (nSPS) is 19.4. The van der Waals surface area contributed by atoms with E-state index in [0.29, 0.717) is 5.92 Å². The van der Waals surface area contributed by atoms with Gasteiger partial charge in [0.2, 0.25) is 0 Å². The van der Waals surface area contributed by atoms with Crippen LogP contribution in [0.1, 0.15) is 18.2 Å². The van der Waals surface area contributed by atoms with E-state index < -0.39 is 0 Å². The highest BCUT2D eigenvalue weighted by Crippen LogP contribution is 2.33. The number of fused-ring (bicyclic) bond motifs is 3. The highest BCUT2D eigenvalue weighted by molar-refractivity contribution is 5.87. The molecule has 0 aliphatic heterocycles. The highest BCUT2D eigenvalue weighted by atomic mass is 16.3. The van der Waals surface area contributed by atoms with Crippen LogP contribution in [0.15, 0.2) is 28.7 Å². The summed E-state index contributed by atoms with van der Waals surface area (Å²) in [7, 11) is 0. The first-order valence-electron chi connectivity index (χ1n) is 5.23. The predicted molar refractivity (Wildman–Crippen MR) is 62.5 cm³/mol. The molecular weight excluding hydrogens is 186 g/mol. The van der Waals surface area contributed by atoms with Gasteiger partial charge < -0.3 is 10.2 Å². The van der Waals surface area contributed by atoms with Gasteiger partial charge in [-0.3, -0.25) is 0 Å². The van der Waals surface area contributed by atoms with Gasteiger partial charge >= 0.3 is 0 Å². The van der Waals surface area contributed by atoms with Gasteiger partial charge in [0.05, 0.1) is 0 Å². The third kappa shape index (κ3) is 1.25.